The second-order valence-corrected chi connectivity index (χ2v) is 4.36. The van der Waals surface area contributed by atoms with Crippen LogP contribution in [0.4, 0.5) is 5.69 Å². The molecule has 1 aromatic rings. The molecule has 1 aliphatic heterocycles. The third-order valence-electron chi connectivity index (χ3n) is 2.76. The molecule has 0 aliphatic carbocycles. The van der Waals surface area contributed by atoms with Gasteiger partial charge in [-0.3, -0.25) is 4.79 Å². The van der Waals surface area contributed by atoms with Gasteiger partial charge in [-0.25, -0.2) is 4.79 Å². The van der Waals surface area contributed by atoms with E-state index < -0.39 is 18.2 Å². The number of hydrogen-bond acceptors (Lipinski definition) is 5. The SMILES string of the molecule is O=C(O)/C=C/C(=O)Nc1cc(C2OCCCO2)ccc1O. The lowest BCUT2D eigenvalue weighted by atomic mass is 10.1. The van der Waals surface area contributed by atoms with Crippen LogP contribution in [0.3, 0.4) is 0 Å². The van der Waals surface area contributed by atoms with Crippen LogP contribution in [-0.4, -0.2) is 35.3 Å². The number of benzene rings is 1. The topological polar surface area (TPSA) is 105 Å². The predicted molar refractivity (Wildman–Crippen MR) is 72.8 cm³/mol. The number of carboxylic acid groups (broad SMARTS) is 1. The summed E-state index contributed by atoms with van der Waals surface area (Å²) in [5.74, 6) is -2.02. The molecule has 0 spiro atoms. The monoisotopic (exact) mass is 293 g/mol. The van der Waals surface area contributed by atoms with Gasteiger partial charge in [-0.1, -0.05) is 6.07 Å². The van der Waals surface area contributed by atoms with Crippen molar-refractivity contribution in [2.45, 2.75) is 12.7 Å². The molecule has 7 nitrogen and oxygen atoms in total. The van der Waals surface area contributed by atoms with E-state index in [1.807, 2.05) is 0 Å². The van der Waals surface area contributed by atoms with Gasteiger partial charge in [0.2, 0.25) is 5.91 Å². The van der Waals surface area contributed by atoms with Crippen LogP contribution in [0.1, 0.15) is 18.3 Å². The molecule has 0 bridgehead atoms. The summed E-state index contributed by atoms with van der Waals surface area (Å²) in [5.41, 5.74) is 0.815. The molecule has 1 aliphatic rings. The van der Waals surface area contributed by atoms with Gasteiger partial charge in [-0.15, -0.1) is 0 Å². The van der Waals surface area contributed by atoms with E-state index in [0.29, 0.717) is 24.9 Å². The van der Waals surface area contributed by atoms with Crippen molar-refractivity contribution in [3.05, 3.63) is 35.9 Å². The number of aliphatic carboxylic acids is 1. The number of anilines is 1. The maximum atomic E-state index is 11.5. The van der Waals surface area contributed by atoms with Crippen molar-refractivity contribution in [2.75, 3.05) is 18.5 Å². The second-order valence-electron chi connectivity index (χ2n) is 4.36. The normalized spacial score (nSPS) is 16.0. The van der Waals surface area contributed by atoms with Gasteiger partial charge < -0.3 is 25.0 Å². The molecule has 1 fully saturated rings. The maximum absolute atomic E-state index is 11.5. The Hall–Kier alpha value is -2.38. The highest BCUT2D eigenvalue weighted by atomic mass is 16.7. The average molecular weight is 293 g/mol. The van der Waals surface area contributed by atoms with Gasteiger partial charge in [0.25, 0.3) is 0 Å². The Morgan fingerprint density at radius 1 is 1.24 bits per heavy atom. The number of phenols is 1. The number of ether oxygens (including phenoxy) is 2. The zero-order chi connectivity index (χ0) is 15.2. The smallest absolute Gasteiger partial charge is 0.328 e. The molecule has 0 saturated carbocycles. The van der Waals surface area contributed by atoms with Crippen LogP contribution in [0.15, 0.2) is 30.4 Å². The molecule has 0 atom stereocenters. The summed E-state index contributed by atoms with van der Waals surface area (Å²) in [7, 11) is 0. The van der Waals surface area contributed by atoms with Crippen LogP contribution in [-0.2, 0) is 19.1 Å². The van der Waals surface area contributed by atoms with Gasteiger partial charge in [-0.05, 0) is 18.6 Å². The summed E-state index contributed by atoms with van der Waals surface area (Å²) in [6.45, 7) is 1.16. The Kier molecular flexibility index (Phi) is 4.91. The number of carboxylic acids is 1. The fourth-order valence-electron chi connectivity index (χ4n) is 1.80. The second kappa shape index (κ2) is 6.87. The number of rotatable bonds is 4. The molecule has 0 radical (unpaired) electrons. The zero-order valence-corrected chi connectivity index (χ0v) is 11.1. The molecular formula is C14H15NO6. The Balaban J connectivity index is 2.11. The number of amides is 1. The first-order chi connectivity index (χ1) is 10.1. The third kappa shape index (κ3) is 4.30. The number of phenolic OH excluding ortho intramolecular Hbond substituents is 1. The predicted octanol–water partition coefficient (Wildman–Crippen LogP) is 1.41. The van der Waals surface area contributed by atoms with E-state index in [1.165, 1.54) is 12.1 Å². The van der Waals surface area contributed by atoms with E-state index in [1.54, 1.807) is 6.07 Å². The molecule has 1 amide bonds. The highest BCUT2D eigenvalue weighted by Crippen LogP contribution is 2.30. The summed E-state index contributed by atoms with van der Waals surface area (Å²) in [4.78, 5) is 21.9. The minimum Gasteiger partial charge on any atom is -0.506 e. The first-order valence-electron chi connectivity index (χ1n) is 6.34. The summed E-state index contributed by atoms with van der Waals surface area (Å²) in [5, 5.41) is 20.6. The van der Waals surface area contributed by atoms with Crippen LogP contribution < -0.4 is 5.32 Å². The lowest BCUT2D eigenvalue weighted by molar-refractivity contribution is -0.183. The fourth-order valence-corrected chi connectivity index (χ4v) is 1.80. The maximum Gasteiger partial charge on any atom is 0.328 e. The van der Waals surface area contributed by atoms with Gasteiger partial charge in [0, 0.05) is 17.7 Å². The number of hydrogen-bond donors (Lipinski definition) is 3. The van der Waals surface area contributed by atoms with Crippen molar-refractivity contribution in [2.24, 2.45) is 0 Å². The van der Waals surface area contributed by atoms with Gasteiger partial charge >= 0.3 is 5.97 Å². The van der Waals surface area contributed by atoms with Gasteiger partial charge in [0.05, 0.1) is 18.9 Å². The van der Waals surface area contributed by atoms with E-state index in [2.05, 4.69) is 5.32 Å². The molecule has 7 heteroatoms. The van der Waals surface area contributed by atoms with Gasteiger partial charge in [0.1, 0.15) is 5.75 Å². The van der Waals surface area contributed by atoms with Crippen molar-refractivity contribution < 1.29 is 29.3 Å². The Labute approximate surface area is 120 Å². The molecule has 1 saturated heterocycles. The summed E-state index contributed by atoms with van der Waals surface area (Å²) >= 11 is 0. The Morgan fingerprint density at radius 2 is 1.95 bits per heavy atom. The van der Waals surface area contributed by atoms with Crippen LogP contribution in [0.2, 0.25) is 0 Å². The molecule has 1 heterocycles. The Bertz CT molecular complexity index is 563. The molecule has 112 valence electrons. The highest BCUT2D eigenvalue weighted by Gasteiger charge is 2.18. The lowest BCUT2D eigenvalue weighted by Crippen LogP contribution is -2.18. The van der Waals surface area contributed by atoms with Crippen molar-refractivity contribution in [3.8, 4) is 5.75 Å². The van der Waals surface area contributed by atoms with Crippen LogP contribution in [0.5, 0.6) is 5.75 Å². The minimum atomic E-state index is -1.23. The first kappa shape index (κ1) is 15.0. The number of aromatic hydroxyl groups is 1. The van der Waals surface area contributed by atoms with Gasteiger partial charge in [0.15, 0.2) is 6.29 Å². The van der Waals surface area contributed by atoms with E-state index >= 15 is 0 Å². The van der Waals surface area contributed by atoms with Crippen molar-refractivity contribution in [3.63, 3.8) is 0 Å². The van der Waals surface area contributed by atoms with Crippen LogP contribution in [0, 0.1) is 0 Å². The first-order valence-corrected chi connectivity index (χ1v) is 6.34. The highest BCUT2D eigenvalue weighted by molar-refractivity contribution is 6.03. The van der Waals surface area contributed by atoms with E-state index in [9.17, 15) is 14.7 Å². The molecule has 1 aromatic carbocycles. The average Bonchev–Trinajstić information content (AvgIpc) is 2.48. The molecule has 0 unspecified atom stereocenters. The molecule has 2 rings (SSSR count). The van der Waals surface area contributed by atoms with Crippen LogP contribution >= 0.6 is 0 Å². The number of carbonyl (C=O) groups excluding carboxylic acids is 1. The zero-order valence-electron chi connectivity index (χ0n) is 11.1. The van der Waals surface area contributed by atoms with Crippen molar-refractivity contribution in [1.82, 2.24) is 0 Å². The van der Waals surface area contributed by atoms with Gasteiger partial charge in [-0.2, -0.15) is 0 Å². The van der Waals surface area contributed by atoms with Crippen molar-refractivity contribution >= 4 is 17.6 Å². The summed E-state index contributed by atoms with van der Waals surface area (Å²) < 4.78 is 10.9. The van der Waals surface area contributed by atoms with E-state index in [0.717, 1.165) is 12.5 Å². The number of carbonyl (C=O) groups is 2. The quantitative estimate of drug-likeness (QED) is 0.572. The Morgan fingerprint density at radius 3 is 2.62 bits per heavy atom. The molecule has 21 heavy (non-hydrogen) atoms. The molecular weight excluding hydrogens is 278 g/mol. The fraction of sp³-hybridized carbons (Fsp3) is 0.286. The minimum absolute atomic E-state index is 0.133. The number of nitrogens with one attached hydrogen (secondary N) is 1. The summed E-state index contributed by atoms with van der Waals surface area (Å²) in [6.07, 6.45) is 1.86. The largest absolute Gasteiger partial charge is 0.506 e. The lowest BCUT2D eigenvalue weighted by Gasteiger charge is -2.24. The van der Waals surface area contributed by atoms with Crippen molar-refractivity contribution in [1.29, 1.82) is 0 Å². The molecule has 3 N–H and O–H groups in total. The third-order valence-corrected chi connectivity index (χ3v) is 2.76. The van der Waals surface area contributed by atoms with Crippen LogP contribution in [0.25, 0.3) is 0 Å². The van der Waals surface area contributed by atoms with E-state index in [-0.39, 0.29) is 11.4 Å². The molecule has 0 aromatic heterocycles. The van der Waals surface area contributed by atoms with E-state index in [4.69, 9.17) is 14.6 Å². The standard InChI is InChI=1S/C14H15NO6/c16-11-3-2-9(14-20-6-1-7-21-14)8-10(11)15-12(17)4-5-13(18)19/h2-5,8,14,16H,1,6-7H2,(H,15,17)(H,18,19)/b5-4+. The summed E-state index contributed by atoms with van der Waals surface area (Å²) in [6, 6.07) is 4.57.